The monoisotopic (exact) mass is 380 g/mol. The van der Waals surface area contributed by atoms with Crippen LogP contribution in [0, 0.1) is 0 Å². The van der Waals surface area contributed by atoms with Gasteiger partial charge in [0, 0.05) is 32.2 Å². The zero-order chi connectivity index (χ0) is 20.1. The molecule has 2 aromatic carbocycles. The summed E-state index contributed by atoms with van der Waals surface area (Å²) in [7, 11) is 1.65. The van der Waals surface area contributed by atoms with E-state index in [-0.39, 0.29) is 11.8 Å². The van der Waals surface area contributed by atoms with Gasteiger partial charge in [-0.15, -0.1) is 0 Å². The molecular formula is C22H24N2O4. The predicted octanol–water partition coefficient (Wildman–Crippen LogP) is 3.02. The van der Waals surface area contributed by atoms with Crippen molar-refractivity contribution >= 4 is 23.5 Å². The molecule has 2 amide bonds. The molecule has 0 aromatic heterocycles. The number of hydrogen-bond acceptors (Lipinski definition) is 4. The number of carbonyl (C=O) groups is 3. The summed E-state index contributed by atoms with van der Waals surface area (Å²) >= 11 is 0. The van der Waals surface area contributed by atoms with E-state index in [9.17, 15) is 14.4 Å². The SMILES string of the molecule is C[C@H](OC(=O)c1ccc(CN2CCCC2=O)cc1)C(=O)N(C)c1ccccc1. The average Bonchev–Trinajstić information content (AvgIpc) is 3.12. The van der Waals surface area contributed by atoms with E-state index in [1.54, 1.807) is 26.1 Å². The number of likely N-dealkylation sites (N-methyl/N-ethyl adjacent to an activating group) is 1. The number of ether oxygens (including phenoxy) is 1. The van der Waals surface area contributed by atoms with Crippen molar-refractivity contribution in [2.45, 2.75) is 32.4 Å². The molecule has 6 nitrogen and oxygen atoms in total. The van der Waals surface area contributed by atoms with Crippen LogP contribution >= 0.6 is 0 Å². The first-order valence-electron chi connectivity index (χ1n) is 9.36. The van der Waals surface area contributed by atoms with Gasteiger partial charge in [-0.1, -0.05) is 30.3 Å². The van der Waals surface area contributed by atoms with Crippen LogP contribution in [-0.4, -0.2) is 42.4 Å². The fourth-order valence-corrected chi connectivity index (χ4v) is 3.17. The topological polar surface area (TPSA) is 66.9 Å². The molecule has 1 heterocycles. The van der Waals surface area contributed by atoms with Crippen LogP contribution in [0.25, 0.3) is 0 Å². The van der Waals surface area contributed by atoms with E-state index in [4.69, 9.17) is 4.74 Å². The lowest BCUT2D eigenvalue weighted by atomic mass is 10.1. The Bertz CT molecular complexity index is 849. The van der Waals surface area contributed by atoms with Crippen LogP contribution in [0.15, 0.2) is 54.6 Å². The minimum Gasteiger partial charge on any atom is -0.449 e. The molecule has 28 heavy (non-hydrogen) atoms. The number of amides is 2. The molecule has 3 rings (SSSR count). The van der Waals surface area contributed by atoms with Gasteiger partial charge in [0.1, 0.15) is 0 Å². The van der Waals surface area contributed by atoms with Gasteiger partial charge in [0.2, 0.25) is 5.91 Å². The molecule has 2 aromatic rings. The highest BCUT2D eigenvalue weighted by molar-refractivity contribution is 5.98. The predicted molar refractivity (Wildman–Crippen MR) is 106 cm³/mol. The van der Waals surface area contributed by atoms with Crippen molar-refractivity contribution in [2.75, 3.05) is 18.5 Å². The number of nitrogens with zero attached hydrogens (tertiary/aromatic N) is 2. The number of likely N-dealkylation sites (tertiary alicyclic amines) is 1. The van der Waals surface area contributed by atoms with E-state index in [0.717, 1.165) is 24.2 Å². The van der Waals surface area contributed by atoms with Crippen molar-refractivity contribution in [2.24, 2.45) is 0 Å². The maximum atomic E-state index is 12.5. The smallest absolute Gasteiger partial charge is 0.338 e. The summed E-state index contributed by atoms with van der Waals surface area (Å²) in [4.78, 5) is 39.9. The number of anilines is 1. The first-order chi connectivity index (χ1) is 13.5. The number of benzene rings is 2. The number of para-hydroxylation sites is 1. The van der Waals surface area contributed by atoms with Crippen LogP contribution in [0.2, 0.25) is 0 Å². The Kier molecular flexibility index (Phi) is 6.09. The van der Waals surface area contributed by atoms with Crippen LogP contribution in [0.3, 0.4) is 0 Å². The molecular weight excluding hydrogens is 356 g/mol. The lowest BCUT2D eigenvalue weighted by Crippen LogP contribution is -2.37. The third kappa shape index (κ3) is 4.57. The lowest BCUT2D eigenvalue weighted by Gasteiger charge is -2.21. The standard InChI is InChI=1S/C22H24N2O4/c1-16(21(26)23(2)19-7-4-3-5-8-19)28-22(27)18-12-10-17(11-13-18)15-24-14-6-9-20(24)25/h3-5,7-8,10-13,16H,6,9,14-15H2,1-2H3/t16-/m0/s1. The van der Waals surface area contributed by atoms with E-state index in [1.165, 1.54) is 4.90 Å². The Morgan fingerprint density at radius 1 is 1.11 bits per heavy atom. The van der Waals surface area contributed by atoms with E-state index >= 15 is 0 Å². The molecule has 1 atom stereocenters. The van der Waals surface area contributed by atoms with Gasteiger partial charge in [-0.05, 0) is 43.2 Å². The van der Waals surface area contributed by atoms with Gasteiger partial charge in [0.05, 0.1) is 5.56 Å². The summed E-state index contributed by atoms with van der Waals surface area (Å²) in [5.41, 5.74) is 2.06. The molecule has 0 saturated carbocycles. The zero-order valence-corrected chi connectivity index (χ0v) is 16.1. The zero-order valence-electron chi connectivity index (χ0n) is 16.1. The number of esters is 1. The number of carbonyl (C=O) groups excluding carboxylic acids is 3. The number of hydrogen-bond donors (Lipinski definition) is 0. The number of rotatable bonds is 6. The van der Waals surface area contributed by atoms with Crippen LogP contribution in [-0.2, 0) is 20.9 Å². The van der Waals surface area contributed by atoms with E-state index in [1.807, 2.05) is 47.4 Å². The Balaban J connectivity index is 1.57. The highest BCUT2D eigenvalue weighted by atomic mass is 16.5. The maximum Gasteiger partial charge on any atom is 0.338 e. The van der Waals surface area contributed by atoms with E-state index in [2.05, 4.69) is 0 Å². The van der Waals surface area contributed by atoms with Crippen molar-refractivity contribution in [3.63, 3.8) is 0 Å². The molecule has 146 valence electrons. The maximum absolute atomic E-state index is 12.5. The fourth-order valence-electron chi connectivity index (χ4n) is 3.17. The second kappa shape index (κ2) is 8.69. The van der Waals surface area contributed by atoms with Crippen molar-refractivity contribution < 1.29 is 19.1 Å². The van der Waals surface area contributed by atoms with Crippen molar-refractivity contribution in [1.82, 2.24) is 4.90 Å². The summed E-state index contributed by atoms with van der Waals surface area (Å²) in [5.74, 6) is -0.687. The first-order valence-corrected chi connectivity index (χ1v) is 9.36. The Morgan fingerprint density at radius 3 is 2.39 bits per heavy atom. The normalized spacial score (nSPS) is 14.6. The Labute approximate surface area is 164 Å². The van der Waals surface area contributed by atoms with Gasteiger partial charge in [-0.3, -0.25) is 9.59 Å². The summed E-state index contributed by atoms with van der Waals surface area (Å²) < 4.78 is 5.34. The summed E-state index contributed by atoms with van der Waals surface area (Å²) in [6, 6.07) is 16.1. The van der Waals surface area contributed by atoms with Crippen molar-refractivity contribution in [1.29, 1.82) is 0 Å². The molecule has 0 N–H and O–H groups in total. The molecule has 0 radical (unpaired) electrons. The molecule has 1 aliphatic heterocycles. The molecule has 0 unspecified atom stereocenters. The van der Waals surface area contributed by atoms with Crippen molar-refractivity contribution in [3.8, 4) is 0 Å². The average molecular weight is 380 g/mol. The van der Waals surface area contributed by atoms with Gasteiger partial charge in [0.15, 0.2) is 6.10 Å². The Hall–Kier alpha value is -3.15. The molecule has 0 bridgehead atoms. The van der Waals surface area contributed by atoms with Gasteiger partial charge in [-0.25, -0.2) is 4.79 Å². The summed E-state index contributed by atoms with van der Waals surface area (Å²) in [6.45, 7) is 2.88. The van der Waals surface area contributed by atoms with Crippen LogP contribution in [0.1, 0.15) is 35.7 Å². The van der Waals surface area contributed by atoms with Gasteiger partial charge in [0.25, 0.3) is 5.91 Å². The quantitative estimate of drug-likeness (QED) is 0.723. The van der Waals surface area contributed by atoms with Gasteiger partial charge in [-0.2, -0.15) is 0 Å². The highest BCUT2D eigenvalue weighted by Crippen LogP contribution is 2.16. The third-order valence-corrected chi connectivity index (χ3v) is 4.84. The highest BCUT2D eigenvalue weighted by Gasteiger charge is 2.23. The van der Waals surface area contributed by atoms with E-state index in [0.29, 0.717) is 18.5 Å². The molecule has 0 spiro atoms. The first kappa shape index (κ1) is 19.6. The second-order valence-corrected chi connectivity index (χ2v) is 6.90. The molecule has 1 saturated heterocycles. The summed E-state index contributed by atoms with van der Waals surface area (Å²) in [6.07, 6.45) is 0.597. The van der Waals surface area contributed by atoms with Crippen molar-refractivity contribution in [3.05, 3.63) is 65.7 Å². The van der Waals surface area contributed by atoms with Crippen LogP contribution < -0.4 is 4.90 Å². The third-order valence-electron chi connectivity index (χ3n) is 4.84. The minimum atomic E-state index is -0.903. The molecule has 1 aliphatic rings. The molecule has 1 fully saturated rings. The fraction of sp³-hybridized carbons (Fsp3) is 0.318. The minimum absolute atomic E-state index is 0.165. The van der Waals surface area contributed by atoms with E-state index < -0.39 is 12.1 Å². The lowest BCUT2D eigenvalue weighted by molar-refractivity contribution is -0.128. The van der Waals surface area contributed by atoms with Gasteiger partial charge >= 0.3 is 5.97 Å². The Morgan fingerprint density at radius 2 is 1.79 bits per heavy atom. The van der Waals surface area contributed by atoms with Crippen LogP contribution in [0.5, 0.6) is 0 Å². The molecule has 0 aliphatic carbocycles. The largest absolute Gasteiger partial charge is 0.449 e. The summed E-state index contributed by atoms with van der Waals surface area (Å²) in [5, 5.41) is 0. The van der Waals surface area contributed by atoms with Gasteiger partial charge < -0.3 is 14.5 Å². The second-order valence-electron chi connectivity index (χ2n) is 6.90. The van der Waals surface area contributed by atoms with Crippen LogP contribution in [0.4, 0.5) is 5.69 Å². The molecule has 6 heteroatoms.